The van der Waals surface area contributed by atoms with E-state index in [1.807, 2.05) is 0 Å². The molecule has 0 bridgehead atoms. The van der Waals surface area contributed by atoms with Crippen LogP contribution in [0.4, 0.5) is 0 Å². The molecule has 0 aliphatic heterocycles. The number of hydrogen-bond acceptors (Lipinski definition) is 1. The molecular formula is C18H32O. The zero-order chi connectivity index (χ0) is 13.6. The third kappa shape index (κ3) is 9.95. The highest BCUT2D eigenvalue weighted by molar-refractivity contribution is 4.95. The van der Waals surface area contributed by atoms with E-state index in [2.05, 4.69) is 24.3 Å². The second-order valence-corrected chi connectivity index (χ2v) is 5.80. The molecule has 0 spiro atoms. The monoisotopic (exact) mass is 264 g/mol. The molecule has 1 aliphatic carbocycles. The molecule has 0 heterocycles. The van der Waals surface area contributed by atoms with Crippen LogP contribution in [0.1, 0.15) is 77.0 Å². The quantitative estimate of drug-likeness (QED) is 0.369. The summed E-state index contributed by atoms with van der Waals surface area (Å²) in [6.45, 7) is 0.348. The minimum Gasteiger partial charge on any atom is -0.396 e. The number of rotatable bonds is 12. The summed E-state index contributed by atoms with van der Waals surface area (Å²) in [6, 6.07) is 0. The Labute approximate surface area is 119 Å². The zero-order valence-corrected chi connectivity index (χ0v) is 12.5. The SMILES string of the molecule is OCCCCCC=CCCCCCCC1C=CCC1. The summed E-state index contributed by atoms with van der Waals surface area (Å²) >= 11 is 0. The summed E-state index contributed by atoms with van der Waals surface area (Å²) in [4.78, 5) is 0. The highest BCUT2D eigenvalue weighted by Crippen LogP contribution is 2.23. The van der Waals surface area contributed by atoms with Crippen LogP contribution in [0.5, 0.6) is 0 Å². The lowest BCUT2D eigenvalue weighted by Crippen LogP contribution is -1.91. The summed E-state index contributed by atoms with van der Waals surface area (Å²) in [5.41, 5.74) is 0. The number of allylic oxidation sites excluding steroid dienone is 4. The van der Waals surface area contributed by atoms with Crippen LogP contribution in [0, 0.1) is 5.92 Å². The highest BCUT2D eigenvalue weighted by Gasteiger charge is 2.07. The van der Waals surface area contributed by atoms with Crippen molar-refractivity contribution in [2.45, 2.75) is 77.0 Å². The minimum atomic E-state index is 0.348. The average Bonchev–Trinajstić information content (AvgIpc) is 2.93. The van der Waals surface area contributed by atoms with E-state index >= 15 is 0 Å². The maximum Gasteiger partial charge on any atom is 0.0431 e. The Morgan fingerprint density at radius 1 is 0.895 bits per heavy atom. The molecule has 0 aromatic carbocycles. The average molecular weight is 264 g/mol. The molecule has 0 radical (unpaired) electrons. The Morgan fingerprint density at radius 2 is 1.58 bits per heavy atom. The van der Waals surface area contributed by atoms with E-state index in [1.165, 1.54) is 64.2 Å². The normalized spacial score (nSPS) is 18.7. The molecule has 110 valence electrons. The molecular weight excluding hydrogens is 232 g/mol. The predicted octanol–water partition coefficient (Wildman–Crippen LogP) is 5.40. The van der Waals surface area contributed by atoms with Gasteiger partial charge in [-0.05, 0) is 57.3 Å². The molecule has 0 fully saturated rings. The second-order valence-electron chi connectivity index (χ2n) is 5.80. The van der Waals surface area contributed by atoms with Gasteiger partial charge >= 0.3 is 0 Å². The zero-order valence-electron chi connectivity index (χ0n) is 12.5. The summed E-state index contributed by atoms with van der Waals surface area (Å²) in [7, 11) is 0. The smallest absolute Gasteiger partial charge is 0.0431 e. The summed E-state index contributed by atoms with van der Waals surface area (Å²) < 4.78 is 0. The molecule has 1 rings (SSSR count). The highest BCUT2D eigenvalue weighted by atomic mass is 16.2. The topological polar surface area (TPSA) is 20.2 Å². The van der Waals surface area contributed by atoms with Crippen molar-refractivity contribution in [3.8, 4) is 0 Å². The lowest BCUT2D eigenvalue weighted by Gasteiger charge is -2.06. The minimum absolute atomic E-state index is 0.348. The molecule has 0 saturated carbocycles. The summed E-state index contributed by atoms with van der Waals surface area (Å²) in [6.07, 6.45) is 24.9. The van der Waals surface area contributed by atoms with E-state index in [1.54, 1.807) is 0 Å². The number of unbranched alkanes of at least 4 members (excludes halogenated alkanes) is 7. The molecule has 1 heteroatoms. The second kappa shape index (κ2) is 12.5. The molecule has 0 aromatic heterocycles. The first-order chi connectivity index (χ1) is 9.43. The van der Waals surface area contributed by atoms with E-state index in [0.717, 1.165) is 18.8 Å². The Balaban J connectivity index is 1.75. The van der Waals surface area contributed by atoms with Crippen LogP contribution in [0.2, 0.25) is 0 Å². The standard InChI is InChI=1S/C18H32O/c19-17-13-9-7-5-3-1-2-4-6-8-10-14-18-15-11-12-16-18/h1,3,11,15,18-19H,2,4-10,12-14,16-17H2. The van der Waals surface area contributed by atoms with E-state index in [4.69, 9.17) is 5.11 Å². The molecule has 19 heavy (non-hydrogen) atoms. The van der Waals surface area contributed by atoms with Crippen molar-refractivity contribution in [1.82, 2.24) is 0 Å². The van der Waals surface area contributed by atoms with E-state index in [-0.39, 0.29) is 0 Å². The predicted molar refractivity (Wildman–Crippen MR) is 84.3 cm³/mol. The molecule has 1 nitrogen and oxygen atoms in total. The van der Waals surface area contributed by atoms with Gasteiger partial charge in [-0.25, -0.2) is 0 Å². The fourth-order valence-corrected chi connectivity index (χ4v) is 2.74. The summed E-state index contributed by atoms with van der Waals surface area (Å²) in [5, 5.41) is 8.66. The van der Waals surface area contributed by atoms with E-state index in [9.17, 15) is 0 Å². The van der Waals surface area contributed by atoms with Crippen LogP contribution in [0.25, 0.3) is 0 Å². The van der Waals surface area contributed by atoms with Gasteiger partial charge in [0.2, 0.25) is 0 Å². The largest absolute Gasteiger partial charge is 0.396 e. The number of hydrogen-bond donors (Lipinski definition) is 1. The van der Waals surface area contributed by atoms with Gasteiger partial charge in [0.15, 0.2) is 0 Å². The van der Waals surface area contributed by atoms with Gasteiger partial charge in [0.05, 0.1) is 0 Å². The van der Waals surface area contributed by atoms with E-state index in [0.29, 0.717) is 6.61 Å². The third-order valence-corrected chi connectivity index (χ3v) is 4.00. The van der Waals surface area contributed by atoms with Crippen LogP contribution < -0.4 is 0 Å². The number of aliphatic hydroxyl groups excluding tert-OH is 1. The van der Waals surface area contributed by atoms with Gasteiger partial charge in [0.1, 0.15) is 0 Å². The maximum absolute atomic E-state index is 8.66. The molecule has 0 saturated heterocycles. The molecule has 1 atom stereocenters. The first-order valence-electron chi connectivity index (χ1n) is 8.36. The molecule has 1 unspecified atom stereocenters. The van der Waals surface area contributed by atoms with Crippen LogP contribution >= 0.6 is 0 Å². The van der Waals surface area contributed by atoms with Crippen molar-refractivity contribution in [1.29, 1.82) is 0 Å². The van der Waals surface area contributed by atoms with Crippen LogP contribution in [-0.2, 0) is 0 Å². The Morgan fingerprint density at radius 3 is 2.21 bits per heavy atom. The van der Waals surface area contributed by atoms with Crippen molar-refractivity contribution in [2.24, 2.45) is 5.92 Å². The van der Waals surface area contributed by atoms with Gasteiger partial charge in [-0.15, -0.1) is 0 Å². The Hall–Kier alpha value is -0.560. The lowest BCUT2D eigenvalue weighted by molar-refractivity contribution is 0.283. The number of aliphatic hydroxyl groups is 1. The Bertz CT molecular complexity index is 242. The maximum atomic E-state index is 8.66. The van der Waals surface area contributed by atoms with Crippen LogP contribution in [-0.4, -0.2) is 11.7 Å². The first kappa shape index (κ1) is 16.5. The van der Waals surface area contributed by atoms with Crippen molar-refractivity contribution >= 4 is 0 Å². The van der Waals surface area contributed by atoms with Crippen molar-refractivity contribution < 1.29 is 5.11 Å². The third-order valence-electron chi connectivity index (χ3n) is 4.00. The fraction of sp³-hybridized carbons (Fsp3) is 0.778. The summed E-state index contributed by atoms with van der Waals surface area (Å²) in [5.74, 6) is 0.902. The van der Waals surface area contributed by atoms with Gasteiger partial charge in [0.25, 0.3) is 0 Å². The van der Waals surface area contributed by atoms with Crippen LogP contribution in [0.3, 0.4) is 0 Å². The van der Waals surface area contributed by atoms with E-state index < -0.39 is 0 Å². The molecule has 0 aromatic rings. The van der Waals surface area contributed by atoms with Crippen LogP contribution in [0.15, 0.2) is 24.3 Å². The first-order valence-corrected chi connectivity index (χ1v) is 8.36. The van der Waals surface area contributed by atoms with Crippen molar-refractivity contribution in [3.05, 3.63) is 24.3 Å². The van der Waals surface area contributed by atoms with Gasteiger partial charge in [-0.3, -0.25) is 0 Å². The molecule has 1 aliphatic rings. The molecule has 1 N–H and O–H groups in total. The van der Waals surface area contributed by atoms with Gasteiger partial charge in [0, 0.05) is 6.61 Å². The molecule has 0 amide bonds. The lowest BCUT2D eigenvalue weighted by atomic mass is 10.00. The van der Waals surface area contributed by atoms with Crippen molar-refractivity contribution in [2.75, 3.05) is 6.61 Å². The fourth-order valence-electron chi connectivity index (χ4n) is 2.74. The van der Waals surface area contributed by atoms with Gasteiger partial charge < -0.3 is 5.11 Å². The van der Waals surface area contributed by atoms with Gasteiger partial charge in [-0.1, -0.05) is 50.0 Å². The van der Waals surface area contributed by atoms with Crippen molar-refractivity contribution in [3.63, 3.8) is 0 Å². The Kier molecular flexibility index (Phi) is 10.8. The van der Waals surface area contributed by atoms with Gasteiger partial charge in [-0.2, -0.15) is 0 Å².